The van der Waals surface area contributed by atoms with E-state index in [0.717, 1.165) is 20.8 Å². The number of carbonyl (C=O) groups is 3. The minimum absolute atomic E-state index is 0.241. The van der Waals surface area contributed by atoms with Crippen molar-refractivity contribution in [3.8, 4) is 5.75 Å². The molecular weight excluding hydrogens is 588 g/mol. The Balaban J connectivity index is 1.29. The Kier molecular flexibility index (Phi) is 9.02. The molecule has 0 saturated carbocycles. The standard InChI is InChI=1S/C31H27BrN4O5/c32-23-8-5-6-21(18-23)20-41-28-13-12-22-7-1-2-9-24(22)26(28)19-33-35-30(38)29(37)34-27-11-4-3-10-25(27)31(39)36-14-16-40-17-15-36/h1-13,18-19H,14-17,20H2,(H,34,37)(H,35,38)/b33-19+. The van der Waals surface area contributed by atoms with Gasteiger partial charge in [-0.3, -0.25) is 14.4 Å². The second kappa shape index (κ2) is 13.2. The molecule has 208 valence electrons. The third kappa shape index (κ3) is 6.97. The predicted octanol–water partition coefficient (Wildman–Crippen LogP) is 4.74. The number of amides is 3. The van der Waals surface area contributed by atoms with E-state index in [1.54, 1.807) is 29.2 Å². The zero-order valence-corrected chi connectivity index (χ0v) is 23.6. The number of fused-ring (bicyclic) bond motifs is 1. The van der Waals surface area contributed by atoms with Crippen molar-refractivity contribution in [1.82, 2.24) is 10.3 Å². The van der Waals surface area contributed by atoms with Crippen LogP contribution in [0.5, 0.6) is 5.75 Å². The number of rotatable bonds is 7. The fraction of sp³-hybridized carbons (Fsp3) is 0.161. The van der Waals surface area contributed by atoms with Crippen LogP contribution in [0.1, 0.15) is 21.5 Å². The summed E-state index contributed by atoms with van der Waals surface area (Å²) in [6.45, 7) is 2.15. The number of halogens is 1. The van der Waals surface area contributed by atoms with Crippen molar-refractivity contribution in [1.29, 1.82) is 0 Å². The fourth-order valence-corrected chi connectivity index (χ4v) is 4.87. The van der Waals surface area contributed by atoms with Crippen LogP contribution in [0.2, 0.25) is 0 Å². The molecule has 3 amide bonds. The number of carbonyl (C=O) groups excluding carboxylic acids is 3. The van der Waals surface area contributed by atoms with Crippen LogP contribution >= 0.6 is 15.9 Å². The lowest BCUT2D eigenvalue weighted by atomic mass is 10.0. The monoisotopic (exact) mass is 614 g/mol. The van der Waals surface area contributed by atoms with Crippen LogP contribution in [-0.2, 0) is 20.9 Å². The fourth-order valence-electron chi connectivity index (χ4n) is 4.42. The number of anilines is 1. The maximum absolute atomic E-state index is 13.0. The number of morpholine rings is 1. The second-order valence-electron chi connectivity index (χ2n) is 9.22. The van der Waals surface area contributed by atoms with E-state index in [9.17, 15) is 14.4 Å². The van der Waals surface area contributed by atoms with Crippen LogP contribution in [-0.4, -0.2) is 55.1 Å². The van der Waals surface area contributed by atoms with Crippen molar-refractivity contribution in [2.75, 3.05) is 31.6 Å². The first-order valence-electron chi connectivity index (χ1n) is 13.0. The molecule has 0 aromatic heterocycles. The molecule has 2 N–H and O–H groups in total. The normalized spacial score (nSPS) is 13.2. The van der Waals surface area contributed by atoms with Crippen LogP contribution in [0.25, 0.3) is 10.8 Å². The molecule has 1 fully saturated rings. The highest BCUT2D eigenvalue weighted by molar-refractivity contribution is 9.10. The average molecular weight is 615 g/mol. The van der Waals surface area contributed by atoms with E-state index in [0.29, 0.717) is 49.8 Å². The molecule has 1 aliphatic rings. The van der Waals surface area contributed by atoms with Crippen molar-refractivity contribution < 1.29 is 23.9 Å². The lowest BCUT2D eigenvalue weighted by Gasteiger charge is -2.27. The predicted molar refractivity (Wildman–Crippen MR) is 160 cm³/mol. The molecule has 4 aromatic carbocycles. The maximum Gasteiger partial charge on any atom is 0.329 e. The van der Waals surface area contributed by atoms with E-state index in [1.165, 1.54) is 6.21 Å². The number of para-hydroxylation sites is 1. The Bertz CT molecular complexity index is 1620. The topological polar surface area (TPSA) is 109 Å². The van der Waals surface area contributed by atoms with Gasteiger partial charge in [0.2, 0.25) is 0 Å². The Hall–Kier alpha value is -4.54. The third-order valence-corrected chi connectivity index (χ3v) is 6.98. The summed E-state index contributed by atoms with van der Waals surface area (Å²) in [6.07, 6.45) is 1.46. The van der Waals surface area contributed by atoms with Gasteiger partial charge < -0.3 is 19.7 Å². The second-order valence-corrected chi connectivity index (χ2v) is 10.1. The van der Waals surface area contributed by atoms with Crippen molar-refractivity contribution in [2.24, 2.45) is 5.10 Å². The summed E-state index contributed by atoms with van der Waals surface area (Å²) in [4.78, 5) is 40.0. The van der Waals surface area contributed by atoms with Gasteiger partial charge in [0.1, 0.15) is 12.4 Å². The molecule has 0 radical (unpaired) electrons. The van der Waals surface area contributed by atoms with Crippen LogP contribution in [0.3, 0.4) is 0 Å². The quantitative estimate of drug-likeness (QED) is 0.177. The molecule has 0 aliphatic carbocycles. The summed E-state index contributed by atoms with van der Waals surface area (Å²) >= 11 is 3.47. The summed E-state index contributed by atoms with van der Waals surface area (Å²) < 4.78 is 12.4. The minimum Gasteiger partial charge on any atom is -0.488 e. The lowest BCUT2D eigenvalue weighted by Crippen LogP contribution is -2.41. The molecule has 41 heavy (non-hydrogen) atoms. The van der Waals surface area contributed by atoms with Crippen LogP contribution in [0.4, 0.5) is 5.69 Å². The SMILES string of the molecule is O=C(N/N=C/c1c(OCc2cccc(Br)c2)ccc2ccccc12)C(=O)Nc1ccccc1C(=O)N1CCOCC1. The Morgan fingerprint density at radius 1 is 0.927 bits per heavy atom. The van der Waals surface area contributed by atoms with Gasteiger partial charge >= 0.3 is 11.8 Å². The Morgan fingerprint density at radius 2 is 1.71 bits per heavy atom. The number of nitrogens with one attached hydrogen (secondary N) is 2. The molecule has 5 rings (SSSR count). The summed E-state index contributed by atoms with van der Waals surface area (Å²) in [6, 6.07) is 25.9. The molecule has 0 atom stereocenters. The summed E-state index contributed by atoms with van der Waals surface area (Å²) in [5.41, 5.74) is 4.45. The summed E-state index contributed by atoms with van der Waals surface area (Å²) in [7, 11) is 0. The number of ether oxygens (including phenoxy) is 2. The molecule has 0 bridgehead atoms. The van der Waals surface area contributed by atoms with E-state index in [2.05, 4.69) is 31.8 Å². The zero-order valence-electron chi connectivity index (χ0n) is 22.0. The highest BCUT2D eigenvalue weighted by Crippen LogP contribution is 2.28. The van der Waals surface area contributed by atoms with Crippen molar-refractivity contribution in [2.45, 2.75) is 6.61 Å². The molecule has 4 aromatic rings. The molecule has 0 spiro atoms. The number of benzene rings is 4. The third-order valence-electron chi connectivity index (χ3n) is 6.48. The van der Waals surface area contributed by atoms with E-state index in [4.69, 9.17) is 9.47 Å². The van der Waals surface area contributed by atoms with Gasteiger partial charge in [-0.05, 0) is 46.7 Å². The molecule has 1 aliphatic heterocycles. The maximum atomic E-state index is 13.0. The number of hydrogen-bond acceptors (Lipinski definition) is 6. The van der Waals surface area contributed by atoms with Gasteiger partial charge in [0.15, 0.2) is 0 Å². The van der Waals surface area contributed by atoms with Gasteiger partial charge in [-0.1, -0.05) is 70.5 Å². The van der Waals surface area contributed by atoms with Gasteiger partial charge in [0.05, 0.1) is 30.7 Å². The Labute approximate surface area is 245 Å². The van der Waals surface area contributed by atoms with Gasteiger partial charge in [-0.25, -0.2) is 5.43 Å². The van der Waals surface area contributed by atoms with E-state index < -0.39 is 11.8 Å². The van der Waals surface area contributed by atoms with Crippen molar-refractivity contribution >= 4 is 56.3 Å². The summed E-state index contributed by atoms with van der Waals surface area (Å²) in [5.74, 6) is -1.60. The largest absolute Gasteiger partial charge is 0.488 e. The molecule has 10 heteroatoms. The smallest absolute Gasteiger partial charge is 0.329 e. The van der Waals surface area contributed by atoms with Gasteiger partial charge in [0, 0.05) is 23.1 Å². The molecule has 1 heterocycles. The summed E-state index contributed by atoms with van der Waals surface area (Å²) in [5, 5.41) is 8.42. The lowest BCUT2D eigenvalue weighted by molar-refractivity contribution is -0.136. The first-order chi connectivity index (χ1) is 20.0. The van der Waals surface area contributed by atoms with Crippen LogP contribution in [0.15, 0.2) is 94.5 Å². The minimum atomic E-state index is -0.980. The number of hydrogen-bond donors (Lipinski definition) is 2. The highest BCUT2D eigenvalue weighted by Gasteiger charge is 2.23. The highest BCUT2D eigenvalue weighted by atomic mass is 79.9. The molecule has 1 saturated heterocycles. The van der Waals surface area contributed by atoms with E-state index in [-0.39, 0.29) is 11.6 Å². The number of hydrazone groups is 1. The first kappa shape index (κ1) is 28.0. The van der Waals surface area contributed by atoms with Crippen molar-refractivity contribution in [3.05, 3.63) is 106 Å². The molecule has 0 unspecified atom stereocenters. The number of nitrogens with zero attached hydrogens (tertiary/aromatic N) is 2. The van der Waals surface area contributed by atoms with E-state index in [1.807, 2.05) is 60.7 Å². The van der Waals surface area contributed by atoms with Crippen LogP contribution in [0, 0.1) is 0 Å². The molecule has 9 nitrogen and oxygen atoms in total. The van der Waals surface area contributed by atoms with Gasteiger partial charge in [-0.2, -0.15) is 5.10 Å². The Morgan fingerprint density at radius 3 is 2.54 bits per heavy atom. The van der Waals surface area contributed by atoms with Crippen molar-refractivity contribution in [3.63, 3.8) is 0 Å². The van der Waals surface area contributed by atoms with Gasteiger partial charge in [-0.15, -0.1) is 0 Å². The zero-order chi connectivity index (χ0) is 28.6. The van der Waals surface area contributed by atoms with Crippen LogP contribution < -0.4 is 15.5 Å². The average Bonchev–Trinajstić information content (AvgIpc) is 3.00. The molecular formula is C31H27BrN4O5. The van der Waals surface area contributed by atoms with E-state index >= 15 is 0 Å². The first-order valence-corrected chi connectivity index (χ1v) is 13.8. The van der Waals surface area contributed by atoms with Gasteiger partial charge in [0.25, 0.3) is 5.91 Å².